The Labute approximate surface area is 111 Å². The minimum atomic E-state index is -0.361. The lowest BCUT2D eigenvalue weighted by atomic mass is 10.3. The van der Waals surface area contributed by atoms with Crippen molar-refractivity contribution in [2.75, 3.05) is 18.9 Å². The fourth-order valence-corrected chi connectivity index (χ4v) is 1.80. The molecule has 0 saturated heterocycles. The van der Waals surface area contributed by atoms with E-state index in [2.05, 4.69) is 20.5 Å². The molecule has 0 fully saturated rings. The summed E-state index contributed by atoms with van der Waals surface area (Å²) in [5, 5.41) is 11.1. The number of likely N-dealkylation sites (N-methyl/N-ethyl adjacent to an activating group) is 1. The van der Waals surface area contributed by atoms with E-state index < -0.39 is 0 Å². The van der Waals surface area contributed by atoms with E-state index >= 15 is 0 Å². The van der Waals surface area contributed by atoms with Crippen LogP contribution in [0.3, 0.4) is 0 Å². The minimum Gasteiger partial charge on any atom is -0.355 e. The van der Waals surface area contributed by atoms with Gasteiger partial charge in [-0.3, -0.25) is 9.20 Å². The van der Waals surface area contributed by atoms with Crippen molar-refractivity contribution >= 4 is 17.4 Å². The van der Waals surface area contributed by atoms with E-state index in [0.29, 0.717) is 18.0 Å². The molecule has 102 valence electrons. The van der Waals surface area contributed by atoms with Crippen LogP contribution in [-0.2, 0) is 4.79 Å². The maximum atomic E-state index is 12.0. The minimum absolute atomic E-state index is 0.0162. The second-order valence-corrected chi connectivity index (χ2v) is 4.44. The molecule has 1 unspecified atom stereocenters. The van der Waals surface area contributed by atoms with Crippen molar-refractivity contribution < 1.29 is 4.79 Å². The standard InChI is InChI=1S/C12H18N6O/c1-5-17(4)12(19)8(2)14-10-11-16-15-9(3)18(11)7-6-13-10/h6-8H,5H2,1-4H3,(H,13,14). The van der Waals surface area contributed by atoms with E-state index in [0.717, 1.165) is 5.82 Å². The molecule has 1 atom stereocenters. The van der Waals surface area contributed by atoms with E-state index in [9.17, 15) is 4.79 Å². The number of fused-ring (bicyclic) bond motifs is 1. The number of anilines is 1. The zero-order chi connectivity index (χ0) is 14.0. The van der Waals surface area contributed by atoms with Crippen LogP contribution in [0.25, 0.3) is 5.65 Å². The summed E-state index contributed by atoms with van der Waals surface area (Å²) < 4.78 is 1.83. The number of carbonyl (C=O) groups excluding carboxylic acids is 1. The van der Waals surface area contributed by atoms with Gasteiger partial charge in [0.1, 0.15) is 11.9 Å². The maximum absolute atomic E-state index is 12.0. The van der Waals surface area contributed by atoms with E-state index in [1.807, 2.05) is 25.2 Å². The third-order valence-corrected chi connectivity index (χ3v) is 3.07. The molecule has 2 heterocycles. The quantitative estimate of drug-likeness (QED) is 0.878. The molecule has 1 N–H and O–H groups in total. The summed E-state index contributed by atoms with van der Waals surface area (Å²) in [6.45, 7) is 6.28. The van der Waals surface area contributed by atoms with Crippen LogP contribution in [-0.4, -0.2) is 50.0 Å². The number of nitrogens with one attached hydrogen (secondary N) is 1. The van der Waals surface area contributed by atoms with Crippen LogP contribution in [0.1, 0.15) is 19.7 Å². The third-order valence-electron chi connectivity index (χ3n) is 3.07. The van der Waals surface area contributed by atoms with Gasteiger partial charge in [0.25, 0.3) is 0 Å². The van der Waals surface area contributed by atoms with Crippen LogP contribution >= 0.6 is 0 Å². The van der Waals surface area contributed by atoms with E-state index in [1.54, 1.807) is 24.3 Å². The molecule has 0 aliphatic heterocycles. The van der Waals surface area contributed by atoms with Crippen LogP contribution in [0.5, 0.6) is 0 Å². The molecule has 1 amide bonds. The summed E-state index contributed by atoms with van der Waals surface area (Å²) in [4.78, 5) is 17.9. The third kappa shape index (κ3) is 2.49. The Morgan fingerprint density at radius 2 is 2.26 bits per heavy atom. The lowest BCUT2D eigenvalue weighted by Gasteiger charge is -2.20. The van der Waals surface area contributed by atoms with Gasteiger partial charge in [-0.25, -0.2) is 4.98 Å². The first kappa shape index (κ1) is 13.3. The van der Waals surface area contributed by atoms with E-state index in [4.69, 9.17) is 0 Å². The Hall–Kier alpha value is -2.18. The van der Waals surface area contributed by atoms with Crippen molar-refractivity contribution in [1.82, 2.24) is 24.5 Å². The average Bonchev–Trinajstić information content (AvgIpc) is 2.80. The predicted molar refractivity (Wildman–Crippen MR) is 71.9 cm³/mol. The Morgan fingerprint density at radius 1 is 1.53 bits per heavy atom. The molecule has 0 bridgehead atoms. The van der Waals surface area contributed by atoms with Crippen LogP contribution in [0.15, 0.2) is 12.4 Å². The van der Waals surface area contributed by atoms with Crippen molar-refractivity contribution in [3.63, 3.8) is 0 Å². The van der Waals surface area contributed by atoms with Crippen molar-refractivity contribution in [2.45, 2.75) is 26.8 Å². The van der Waals surface area contributed by atoms with Crippen LogP contribution in [0.2, 0.25) is 0 Å². The molecular formula is C12H18N6O. The number of carbonyl (C=O) groups is 1. The second kappa shape index (κ2) is 5.21. The topological polar surface area (TPSA) is 75.4 Å². The Morgan fingerprint density at radius 3 is 2.95 bits per heavy atom. The van der Waals surface area contributed by atoms with Crippen LogP contribution in [0, 0.1) is 6.92 Å². The Balaban J connectivity index is 2.24. The van der Waals surface area contributed by atoms with Crippen molar-refractivity contribution in [2.24, 2.45) is 0 Å². The predicted octanol–water partition coefficient (Wildman–Crippen LogP) is 0.711. The smallest absolute Gasteiger partial charge is 0.244 e. The van der Waals surface area contributed by atoms with Crippen molar-refractivity contribution in [3.05, 3.63) is 18.2 Å². The molecule has 0 spiro atoms. The van der Waals surface area contributed by atoms with Crippen LogP contribution < -0.4 is 5.32 Å². The number of rotatable bonds is 4. The average molecular weight is 262 g/mol. The highest BCUT2D eigenvalue weighted by Gasteiger charge is 2.18. The monoisotopic (exact) mass is 262 g/mol. The van der Waals surface area contributed by atoms with Gasteiger partial charge < -0.3 is 10.2 Å². The first-order valence-corrected chi connectivity index (χ1v) is 6.22. The summed E-state index contributed by atoms with van der Waals surface area (Å²) in [5.41, 5.74) is 0.624. The van der Waals surface area contributed by atoms with Gasteiger partial charge in [0, 0.05) is 26.0 Å². The SMILES string of the molecule is CCN(C)C(=O)C(C)Nc1nccn2c(C)nnc12. The fourth-order valence-electron chi connectivity index (χ4n) is 1.80. The summed E-state index contributed by atoms with van der Waals surface area (Å²) in [6.07, 6.45) is 3.45. The summed E-state index contributed by atoms with van der Waals surface area (Å²) in [7, 11) is 1.77. The van der Waals surface area contributed by atoms with Gasteiger partial charge in [-0.1, -0.05) is 0 Å². The fraction of sp³-hybridized carbons (Fsp3) is 0.500. The first-order valence-electron chi connectivity index (χ1n) is 6.22. The highest BCUT2D eigenvalue weighted by atomic mass is 16.2. The molecule has 0 aliphatic carbocycles. The zero-order valence-corrected chi connectivity index (χ0v) is 11.6. The van der Waals surface area contributed by atoms with Gasteiger partial charge in [0.2, 0.25) is 11.6 Å². The van der Waals surface area contributed by atoms with Gasteiger partial charge in [0.05, 0.1) is 0 Å². The van der Waals surface area contributed by atoms with Crippen molar-refractivity contribution in [3.8, 4) is 0 Å². The second-order valence-electron chi connectivity index (χ2n) is 4.44. The Kier molecular flexibility index (Phi) is 3.64. The maximum Gasteiger partial charge on any atom is 0.244 e. The number of amides is 1. The van der Waals surface area contributed by atoms with Gasteiger partial charge >= 0.3 is 0 Å². The zero-order valence-electron chi connectivity index (χ0n) is 11.6. The lowest BCUT2D eigenvalue weighted by Crippen LogP contribution is -2.39. The normalized spacial score (nSPS) is 12.4. The van der Waals surface area contributed by atoms with Gasteiger partial charge in [-0.05, 0) is 20.8 Å². The highest BCUT2D eigenvalue weighted by Crippen LogP contribution is 2.13. The molecule has 2 rings (SSSR count). The lowest BCUT2D eigenvalue weighted by molar-refractivity contribution is -0.130. The number of hydrogen-bond acceptors (Lipinski definition) is 5. The van der Waals surface area contributed by atoms with Gasteiger partial charge in [-0.2, -0.15) is 0 Å². The van der Waals surface area contributed by atoms with Gasteiger partial charge in [-0.15, -0.1) is 10.2 Å². The number of aryl methyl sites for hydroxylation is 1. The van der Waals surface area contributed by atoms with Crippen molar-refractivity contribution in [1.29, 1.82) is 0 Å². The first-order chi connectivity index (χ1) is 9.04. The largest absolute Gasteiger partial charge is 0.355 e. The molecule has 0 saturated carbocycles. The van der Waals surface area contributed by atoms with Crippen LogP contribution in [0.4, 0.5) is 5.82 Å². The van der Waals surface area contributed by atoms with E-state index in [1.165, 1.54) is 0 Å². The summed E-state index contributed by atoms with van der Waals surface area (Å²) in [6, 6.07) is -0.361. The number of aromatic nitrogens is 4. The molecular weight excluding hydrogens is 244 g/mol. The molecule has 19 heavy (non-hydrogen) atoms. The summed E-state index contributed by atoms with van der Waals surface area (Å²) >= 11 is 0. The number of nitrogens with zero attached hydrogens (tertiary/aromatic N) is 5. The highest BCUT2D eigenvalue weighted by molar-refractivity contribution is 5.84. The molecule has 0 aromatic carbocycles. The number of hydrogen-bond donors (Lipinski definition) is 1. The molecule has 0 aliphatic rings. The molecule has 7 nitrogen and oxygen atoms in total. The van der Waals surface area contributed by atoms with Gasteiger partial charge in [0.15, 0.2) is 5.82 Å². The Bertz CT molecular complexity index is 593. The van der Waals surface area contributed by atoms with E-state index in [-0.39, 0.29) is 11.9 Å². The molecule has 7 heteroatoms. The molecule has 2 aromatic heterocycles. The molecule has 2 aromatic rings. The molecule has 0 radical (unpaired) electrons. The summed E-state index contributed by atoms with van der Waals surface area (Å²) in [5.74, 6) is 1.36.